The Labute approximate surface area is 118 Å². The molecule has 1 heterocycles. The molecule has 0 saturated carbocycles. The first kappa shape index (κ1) is 12.8. The van der Waals surface area contributed by atoms with E-state index in [2.05, 4.69) is 15.9 Å². The first-order valence-electron chi connectivity index (χ1n) is 5.10. The molecule has 0 N–H and O–H groups in total. The number of hydrogen-bond acceptors (Lipinski definition) is 2. The Morgan fingerprint density at radius 1 is 1.35 bits per heavy atom. The molecule has 4 heteroatoms. The quantitative estimate of drug-likeness (QED) is 0.732. The Morgan fingerprint density at radius 3 is 2.71 bits per heavy atom. The molecule has 2 aromatic rings. The van der Waals surface area contributed by atoms with E-state index < -0.39 is 0 Å². The van der Waals surface area contributed by atoms with Crippen molar-refractivity contribution in [2.45, 2.75) is 13.3 Å². The topological polar surface area (TPSA) is 17.1 Å². The highest BCUT2D eigenvalue weighted by Gasteiger charge is 2.12. The van der Waals surface area contributed by atoms with Gasteiger partial charge in [0.05, 0.1) is 8.81 Å². The predicted molar refractivity (Wildman–Crippen MR) is 76.2 cm³/mol. The summed E-state index contributed by atoms with van der Waals surface area (Å²) in [5, 5.41) is 0.533. The van der Waals surface area contributed by atoms with Crippen molar-refractivity contribution in [3.8, 4) is 0 Å². The molecule has 0 saturated heterocycles. The molecule has 0 aliphatic carbocycles. The number of ketones is 1. The van der Waals surface area contributed by atoms with Gasteiger partial charge in [0.25, 0.3) is 0 Å². The second kappa shape index (κ2) is 5.34. The van der Waals surface area contributed by atoms with E-state index in [1.54, 1.807) is 17.4 Å². The summed E-state index contributed by atoms with van der Waals surface area (Å²) in [4.78, 5) is 13.1. The van der Waals surface area contributed by atoms with Crippen molar-refractivity contribution < 1.29 is 4.79 Å². The van der Waals surface area contributed by atoms with Gasteiger partial charge in [0, 0.05) is 16.9 Å². The second-order valence-corrected chi connectivity index (χ2v) is 6.74. The number of Topliss-reactive ketones (excluding diaryl/α,β-unsaturated/α-hetero) is 1. The zero-order valence-corrected chi connectivity index (χ0v) is 12.3. The minimum absolute atomic E-state index is 0.0596. The van der Waals surface area contributed by atoms with Crippen molar-refractivity contribution in [1.29, 1.82) is 0 Å². The van der Waals surface area contributed by atoms with Crippen molar-refractivity contribution in [2.24, 2.45) is 0 Å². The summed E-state index contributed by atoms with van der Waals surface area (Å²) in [5.74, 6) is 0.0596. The molecule has 0 atom stereocenters. The number of carbonyl (C=O) groups excluding carboxylic acids is 1. The number of rotatable bonds is 3. The summed E-state index contributed by atoms with van der Waals surface area (Å²) < 4.78 is 1.04. The molecule has 0 aliphatic heterocycles. The van der Waals surface area contributed by atoms with Crippen molar-refractivity contribution in [1.82, 2.24) is 0 Å². The third-order valence-electron chi connectivity index (χ3n) is 2.39. The third-order valence-corrected chi connectivity index (χ3v) is 4.32. The molecule has 17 heavy (non-hydrogen) atoms. The van der Waals surface area contributed by atoms with Gasteiger partial charge in [-0.25, -0.2) is 0 Å². The van der Waals surface area contributed by atoms with Crippen molar-refractivity contribution in [2.75, 3.05) is 0 Å². The van der Waals surface area contributed by atoms with Crippen LogP contribution in [0.1, 0.15) is 20.8 Å². The lowest BCUT2D eigenvalue weighted by Gasteiger charge is -2.03. The van der Waals surface area contributed by atoms with E-state index in [1.165, 1.54) is 0 Å². The molecule has 0 aliphatic rings. The molecule has 0 unspecified atom stereocenters. The molecular weight excluding hydrogens is 320 g/mol. The van der Waals surface area contributed by atoms with Crippen LogP contribution >= 0.6 is 38.9 Å². The van der Waals surface area contributed by atoms with Crippen LogP contribution in [-0.2, 0) is 6.42 Å². The lowest BCUT2D eigenvalue weighted by molar-refractivity contribution is 0.0994. The molecule has 1 nitrogen and oxygen atoms in total. The molecule has 0 fully saturated rings. The van der Waals surface area contributed by atoms with E-state index in [0.717, 1.165) is 14.2 Å². The summed E-state index contributed by atoms with van der Waals surface area (Å²) in [6.45, 7) is 1.95. The summed E-state index contributed by atoms with van der Waals surface area (Å²) in [6.07, 6.45) is 0.402. The third kappa shape index (κ3) is 3.18. The number of halogens is 2. The van der Waals surface area contributed by atoms with Gasteiger partial charge >= 0.3 is 0 Å². The number of hydrogen-bond donors (Lipinski definition) is 0. The fraction of sp³-hybridized carbons (Fsp3) is 0.154. The first-order chi connectivity index (χ1) is 8.06. The van der Waals surface area contributed by atoms with Gasteiger partial charge in [-0.05, 0) is 52.7 Å². The highest BCUT2D eigenvalue weighted by Crippen LogP contribution is 2.25. The maximum Gasteiger partial charge on any atom is 0.169 e. The van der Waals surface area contributed by atoms with Crippen molar-refractivity contribution in [3.05, 3.63) is 55.1 Å². The average Bonchev–Trinajstić information content (AvgIpc) is 2.63. The fourth-order valence-electron chi connectivity index (χ4n) is 1.55. The standard InChI is InChI=1S/C13H10BrClOS/c1-8-2-4-10(11(15)6-8)12(16)7-9-3-5-13(14)17-9/h2-6H,7H2,1H3. The highest BCUT2D eigenvalue weighted by atomic mass is 79.9. The normalized spacial score (nSPS) is 10.5. The van der Waals surface area contributed by atoms with Crippen molar-refractivity contribution >= 4 is 44.7 Å². The maximum absolute atomic E-state index is 12.1. The van der Waals surface area contributed by atoms with Crippen LogP contribution in [0.2, 0.25) is 5.02 Å². The van der Waals surface area contributed by atoms with Crippen LogP contribution in [0.5, 0.6) is 0 Å². The number of carbonyl (C=O) groups is 1. The lowest BCUT2D eigenvalue weighted by Crippen LogP contribution is -2.03. The van der Waals surface area contributed by atoms with Crippen LogP contribution in [0.3, 0.4) is 0 Å². The highest BCUT2D eigenvalue weighted by molar-refractivity contribution is 9.11. The Kier molecular flexibility index (Phi) is 4.02. The first-order valence-corrected chi connectivity index (χ1v) is 7.08. The van der Waals surface area contributed by atoms with Crippen LogP contribution in [0.4, 0.5) is 0 Å². The van der Waals surface area contributed by atoms with E-state index in [0.29, 0.717) is 17.0 Å². The largest absolute Gasteiger partial charge is 0.294 e. The average molecular weight is 330 g/mol. The lowest BCUT2D eigenvalue weighted by atomic mass is 10.1. The van der Waals surface area contributed by atoms with E-state index in [1.807, 2.05) is 31.2 Å². The van der Waals surface area contributed by atoms with Crippen LogP contribution in [0.15, 0.2) is 34.1 Å². The Balaban J connectivity index is 2.20. The maximum atomic E-state index is 12.1. The van der Waals surface area contributed by atoms with Gasteiger partial charge in [-0.15, -0.1) is 11.3 Å². The minimum Gasteiger partial charge on any atom is -0.294 e. The Hall–Kier alpha value is -0.640. The van der Waals surface area contributed by atoms with E-state index in [9.17, 15) is 4.79 Å². The molecule has 1 aromatic carbocycles. The number of aryl methyl sites for hydroxylation is 1. The molecule has 2 rings (SSSR count). The number of thiophene rings is 1. The van der Waals surface area contributed by atoms with Gasteiger partial charge in [0.15, 0.2) is 5.78 Å². The van der Waals surface area contributed by atoms with E-state index in [-0.39, 0.29) is 5.78 Å². The second-order valence-electron chi connectivity index (χ2n) is 3.79. The zero-order valence-electron chi connectivity index (χ0n) is 9.17. The molecule has 0 bridgehead atoms. The summed E-state index contributed by atoms with van der Waals surface area (Å²) >= 11 is 11.0. The Morgan fingerprint density at radius 2 is 2.12 bits per heavy atom. The van der Waals surface area contributed by atoms with Gasteiger partial charge in [-0.3, -0.25) is 4.79 Å². The summed E-state index contributed by atoms with van der Waals surface area (Å²) in [7, 11) is 0. The summed E-state index contributed by atoms with van der Waals surface area (Å²) in [6, 6.07) is 9.42. The fourth-order valence-corrected chi connectivity index (χ4v) is 3.37. The Bertz CT molecular complexity index is 562. The van der Waals surface area contributed by atoms with Crippen LogP contribution in [0.25, 0.3) is 0 Å². The monoisotopic (exact) mass is 328 g/mol. The van der Waals surface area contributed by atoms with Crippen LogP contribution in [-0.4, -0.2) is 5.78 Å². The van der Waals surface area contributed by atoms with Gasteiger partial charge in [0.1, 0.15) is 0 Å². The van der Waals surface area contributed by atoms with E-state index in [4.69, 9.17) is 11.6 Å². The minimum atomic E-state index is 0.0596. The van der Waals surface area contributed by atoms with Crippen LogP contribution < -0.4 is 0 Å². The molecule has 0 amide bonds. The zero-order chi connectivity index (χ0) is 12.4. The molecule has 1 aromatic heterocycles. The molecule has 88 valence electrons. The molecule has 0 radical (unpaired) electrons. The van der Waals surface area contributed by atoms with Gasteiger partial charge in [0.2, 0.25) is 0 Å². The predicted octanol–water partition coefficient (Wildman–Crippen LogP) is 4.90. The smallest absolute Gasteiger partial charge is 0.169 e. The van der Waals surface area contributed by atoms with Gasteiger partial charge in [-0.1, -0.05) is 17.7 Å². The van der Waals surface area contributed by atoms with E-state index >= 15 is 0 Å². The SMILES string of the molecule is Cc1ccc(C(=O)Cc2ccc(Br)s2)c(Cl)c1. The molecular formula is C13H10BrClOS. The van der Waals surface area contributed by atoms with Gasteiger partial charge in [-0.2, -0.15) is 0 Å². The summed E-state index contributed by atoms with van der Waals surface area (Å²) in [5.41, 5.74) is 1.66. The molecule has 0 spiro atoms. The van der Waals surface area contributed by atoms with Gasteiger partial charge < -0.3 is 0 Å². The number of benzene rings is 1. The van der Waals surface area contributed by atoms with Crippen LogP contribution in [0, 0.1) is 6.92 Å². The van der Waals surface area contributed by atoms with Crippen molar-refractivity contribution in [3.63, 3.8) is 0 Å².